The Hall–Kier alpha value is -3.26. The summed E-state index contributed by atoms with van der Waals surface area (Å²) in [4.78, 5) is 14.7. The zero-order chi connectivity index (χ0) is 19.6. The number of nitrogens with zero attached hydrogens (tertiary/aromatic N) is 4. The van der Waals surface area contributed by atoms with Crippen LogP contribution < -0.4 is 0 Å². The lowest BCUT2D eigenvalue weighted by atomic mass is 9.97. The minimum atomic E-state index is -0.141. The Morgan fingerprint density at radius 1 is 1.14 bits per heavy atom. The van der Waals surface area contributed by atoms with Crippen LogP contribution in [0, 0.1) is 0 Å². The van der Waals surface area contributed by atoms with Crippen molar-refractivity contribution in [2.75, 3.05) is 13.1 Å². The lowest BCUT2D eigenvalue weighted by molar-refractivity contribution is 0.0688. The number of thiophene rings is 1. The van der Waals surface area contributed by atoms with Crippen molar-refractivity contribution in [3.8, 4) is 22.8 Å². The third kappa shape index (κ3) is 3.58. The number of hydrogen-bond acceptors (Lipinski definition) is 7. The molecule has 0 N–H and O–H groups in total. The minimum absolute atomic E-state index is 0.0214. The number of piperidine rings is 1. The Kier molecular flexibility index (Phi) is 4.69. The fourth-order valence-corrected chi connectivity index (χ4v) is 4.17. The number of carbonyl (C=O) groups excluding carboxylic acids is 1. The highest BCUT2D eigenvalue weighted by atomic mass is 32.1. The molecule has 4 heterocycles. The lowest BCUT2D eigenvalue weighted by Crippen LogP contribution is -2.39. The van der Waals surface area contributed by atoms with Gasteiger partial charge in [-0.05, 0) is 24.3 Å². The van der Waals surface area contributed by atoms with Crippen molar-refractivity contribution in [2.45, 2.75) is 18.8 Å². The fourth-order valence-electron chi connectivity index (χ4n) is 3.54. The summed E-state index contributed by atoms with van der Waals surface area (Å²) in [6.45, 7) is 1.20. The van der Waals surface area contributed by atoms with Crippen LogP contribution >= 0.6 is 11.3 Å². The molecule has 1 aliphatic heterocycles. The Morgan fingerprint density at radius 2 is 2.03 bits per heavy atom. The van der Waals surface area contributed by atoms with Gasteiger partial charge in [-0.1, -0.05) is 35.5 Å². The van der Waals surface area contributed by atoms with Gasteiger partial charge in [-0.15, -0.1) is 10.2 Å². The monoisotopic (exact) mass is 406 g/mol. The molecule has 29 heavy (non-hydrogen) atoms. The van der Waals surface area contributed by atoms with Gasteiger partial charge < -0.3 is 13.8 Å². The summed E-state index contributed by atoms with van der Waals surface area (Å²) in [5, 5.41) is 16.3. The number of amides is 1. The molecular weight excluding hydrogens is 388 g/mol. The molecule has 1 aliphatic rings. The average molecular weight is 406 g/mol. The van der Waals surface area contributed by atoms with E-state index in [9.17, 15) is 4.79 Å². The normalized spacial score (nSPS) is 16.8. The van der Waals surface area contributed by atoms with Gasteiger partial charge in [0.05, 0.1) is 5.92 Å². The van der Waals surface area contributed by atoms with Crippen molar-refractivity contribution in [1.82, 2.24) is 20.3 Å². The molecule has 3 aromatic heterocycles. The molecule has 4 aromatic rings. The van der Waals surface area contributed by atoms with E-state index in [2.05, 4.69) is 15.4 Å². The predicted octanol–water partition coefficient (Wildman–Crippen LogP) is 4.47. The summed E-state index contributed by atoms with van der Waals surface area (Å²) in [6, 6.07) is 13.3. The van der Waals surface area contributed by atoms with Crippen LogP contribution in [0.15, 0.2) is 62.2 Å². The molecule has 0 aliphatic carbocycles. The van der Waals surface area contributed by atoms with Crippen LogP contribution in [0.5, 0.6) is 0 Å². The zero-order valence-electron chi connectivity index (χ0n) is 15.5. The zero-order valence-corrected chi connectivity index (χ0v) is 16.3. The molecule has 5 rings (SSSR count). The Balaban J connectivity index is 1.31. The average Bonchev–Trinajstić information content (AvgIpc) is 3.55. The maximum Gasteiger partial charge on any atom is 0.276 e. The molecule has 146 valence electrons. The number of aromatic nitrogens is 3. The summed E-state index contributed by atoms with van der Waals surface area (Å²) in [5.41, 5.74) is 2.13. The van der Waals surface area contributed by atoms with E-state index >= 15 is 0 Å². The van der Waals surface area contributed by atoms with E-state index in [1.807, 2.05) is 47.2 Å². The van der Waals surface area contributed by atoms with Crippen LogP contribution in [-0.2, 0) is 0 Å². The Labute approximate surface area is 171 Å². The minimum Gasteiger partial charge on any atom is -0.420 e. The molecule has 1 atom stereocenters. The van der Waals surface area contributed by atoms with E-state index in [0.717, 1.165) is 24.0 Å². The SMILES string of the molecule is O=C(c1cc(-c2ccccc2)on1)N1CCCC(c2nnc(-c3ccsc3)o2)C1. The van der Waals surface area contributed by atoms with Crippen molar-refractivity contribution in [1.29, 1.82) is 0 Å². The van der Waals surface area contributed by atoms with Gasteiger partial charge in [0.2, 0.25) is 11.8 Å². The molecule has 1 aromatic carbocycles. The van der Waals surface area contributed by atoms with Crippen molar-refractivity contribution in [2.24, 2.45) is 0 Å². The quantitative estimate of drug-likeness (QED) is 0.497. The molecule has 0 bridgehead atoms. The molecule has 0 spiro atoms. The highest BCUT2D eigenvalue weighted by Crippen LogP contribution is 2.30. The van der Waals surface area contributed by atoms with Gasteiger partial charge >= 0.3 is 0 Å². The first kappa shape index (κ1) is 17.8. The molecule has 1 fully saturated rings. The second-order valence-corrected chi connectivity index (χ2v) is 7.77. The van der Waals surface area contributed by atoms with Gasteiger partial charge in [0.25, 0.3) is 5.91 Å². The third-order valence-corrected chi connectivity index (χ3v) is 5.74. The summed E-state index contributed by atoms with van der Waals surface area (Å²) in [6.07, 6.45) is 1.78. The van der Waals surface area contributed by atoms with E-state index in [4.69, 9.17) is 8.94 Å². The fraction of sp³-hybridized carbons (Fsp3) is 0.238. The van der Waals surface area contributed by atoms with E-state index in [1.165, 1.54) is 0 Å². The largest absolute Gasteiger partial charge is 0.420 e. The van der Waals surface area contributed by atoms with Crippen molar-refractivity contribution in [3.05, 3.63) is 64.8 Å². The van der Waals surface area contributed by atoms with Crippen molar-refractivity contribution in [3.63, 3.8) is 0 Å². The number of likely N-dealkylation sites (tertiary alicyclic amines) is 1. The first-order valence-corrected chi connectivity index (χ1v) is 10.4. The maximum absolute atomic E-state index is 13.0. The first-order valence-electron chi connectivity index (χ1n) is 9.45. The number of benzene rings is 1. The van der Waals surface area contributed by atoms with Gasteiger partial charge in [0.1, 0.15) is 0 Å². The smallest absolute Gasteiger partial charge is 0.276 e. The van der Waals surface area contributed by atoms with Crippen molar-refractivity contribution >= 4 is 17.2 Å². The van der Waals surface area contributed by atoms with Crippen LogP contribution in [0.4, 0.5) is 0 Å². The molecule has 1 unspecified atom stereocenters. The van der Waals surface area contributed by atoms with Crippen LogP contribution in [-0.4, -0.2) is 39.3 Å². The van der Waals surface area contributed by atoms with Crippen LogP contribution in [0.2, 0.25) is 0 Å². The second-order valence-electron chi connectivity index (χ2n) is 6.99. The summed E-state index contributed by atoms with van der Waals surface area (Å²) in [7, 11) is 0. The summed E-state index contributed by atoms with van der Waals surface area (Å²) in [5.74, 6) is 1.56. The third-order valence-electron chi connectivity index (χ3n) is 5.05. The summed E-state index contributed by atoms with van der Waals surface area (Å²) < 4.78 is 11.3. The highest BCUT2D eigenvalue weighted by molar-refractivity contribution is 7.08. The van der Waals surface area contributed by atoms with Gasteiger partial charge in [-0.2, -0.15) is 11.3 Å². The molecular formula is C21H18N4O3S. The highest BCUT2D eigenvalue weighted by Gasteiger charge is 2.30. The number of rotatable bonds is 4. The molecule has 7 nitrogen and oxygen atoms in total. The second kappa shape index (κ2) is 7.63. The van der Waals surface area contributed by atoms with E-state index < -0.39 is 0 Å². The predicted molar refractivity (Wildman–Crippen MR) is 107 cm³/mol. The van der Waals surface area contributed by atoms with Crippen molar-refractivity contribution < 1.29 is 13.7 Å². The topological polar surface area (TPSA) is 85.3 Å². The Bertz CT molecular complexity index is 1100. The van der Waals surface area contributed by atoms with Gasteiger partial charge in [-0.25, -0.2) is 0 Å². The molecule has 0 radical (unpaired) electrons. The standard InChI is InChI=1S/C21H18N4O3S/c26-21(17-11-18(28-24-17)14-5-2-1-3-6-14)25-9-4-7-15(12-25)19-22-23-20(27-19)16-8-10-29-13-16/h1-3,5-6,8,10-11,13,15H,4,7,9,12H2. The maximum atomic E-state index is 13.0. The van der Waals surface area contributed by atoms with E-state index in [0.29, 0.717) is 36.3 Å². The van der Waals surface area contributed by atoms with Gasteiger partial charge in [-0.3, -0.25) is 4.79 Å². The van der Waals surface area contributed by atoms with E-state index in [1.54, 1.807) is 22.3 Å². The van der Waals surface area contributed by atoms with Gasteiger partial charge in [0, 0.05) is 35.7 Å². The van der Waals surface area contributed by atoms with Crippen LogP contribution in [0.25, 0.3) is 22.8 Å². The molecule has 8 heteroatoms. The summed E-state index contributed by atoms with van der Waals surface area (Å²) >= 11 is 1.59. The Morgan fingerprint density at radius 3 is 2.86 bits per heavy atom. The number of hydrogen-bond donors (Lipinski definition) is 0. The molecule has 1 saturated heterocycles. The number of carbonyl (C=O) groups is 1. The van der Waals surface area contributed by atoms with Gasteiger partial charge in [0.15, 0.2) is 11.5 Å². The van der Waals surface area contributed by atoms with E-state index in [-0.39, 0.29) is 11.8 Å². The first-order chi connectivity index (χ1) is 14.3. The molecule has 1 amide bonds. The van der Waals surface area contributed by atoms with Crippen LogP contribution in [0.1, 0.15) is 35.1 Å². The van der Waals surface area contributed by atoms with Crippen LogP contribution in [0.3, 0.4) is 0 Å². The lowest BCUT2D eigenvalue weighted by Gasteiger charge is -2.30. The molecule has 0 saturated carbocycles.